The summed E-state index contributed by atoms with van der Waals surface area (Å²) in [6.45, 7) is 4.39. The highest BCUT2D eigenvalue weighted by molar-refractivity contribution is 5.94. The summed E-state index contributed by atoms with van der Waals surface area (Å²) in [5.41, 5.74) is 0.972. The Kier molecular flexibility index (Phi) is 5.98. The average Bonchev–Trinajstić information content (AvgIpc) is 3.17. The minimum absolute atomic E-state index is 0.138. The monoisotopic (exact) mass is 383 g/mol. The van der Waals surface area contributed by atoms with Crippen LogP contribution >= 0.6 is 0 Å². The Bertz CT molecular complexity index is 940. The van der Waals surface area contributed by atoms with Gasteiger partial charge < -0.3 is 9.64 Å². The van der Waals surface area contributed by atoms with Crippen molar-refractivity contribution in [3.05, 3.63) is 71.3 Å². The number of halogens is 1. The molecule has 28 heavy (non-hydrogen) atoms. The second-order valence-corrected chi connectivity index (χ2v) is 6.70. The van der Waals surface area contributed by atoms with E-state index in [9.17, 15) is 9.18 Å². The van der Waals surface area contributed by atoms with Gasteiger partial charge in [-0.3, -0.25) is 4.79 Å². The lowest BCUT2D eigenvalue weighted by Crippen LogP contribution is -2.26. The third-order valence-corrected chi connectivity index (χ3v) is 4.23. The summed E-state index contributed by atoms with van der Waals surface area (Å²) in [7, 11) is 1.64. The average molecular weight is 383 g/mol. The summed E-state index contributed by atoms with van der Waals surface area (Å²) in [4.78, 5) is 14.0. The van der Waals surface area contributed by atoms with E-state index in [0.717, 1.165) is 0 Å². The van der Waals surface area contributed by atoms with Crippen molar-refractivity contribution in [2.45, 2.75) is 33.0 Å². The first-order chi connectivity index (χ1) is 13.5. The largest absolute Gasteiger partial charge is 0.486 e. The molecule has 0 unspecified atom stereocenters. The number of nitrogens with zero attached hydrogens (tertiary/aromatic N) is 5. The van der Waals surface area contributed by atoms with Crippen molar-refractivity contribution in [2.75, 3.05) is 7.05 Å². The van der Waals surface area contributed by atoms with Crippen molar-refractivity contribution < 1.29 is 13.9 Å². The first-order valence-corrected chi connectivity index (χ1v) is 8.94. The maximum absolute atomic E-state index is 13.8. The summed E-state index contributed by atoms with van der Waals surface area (Å²) in [6.07, 6.45) is 0. The SMILES string of the molecule is CC(C)n1nnnc1COc1ccc(C(=O)N(C)Cc2ccccc2F)cc1. The standard InChI is InChI=1S/C20H22FN5O2/c1-14(2)26-19(22-23-24-26)13-28-17-10-8-15(9-11-17)20(27)25(3)12-16-6-4-5-7-18(16)21/h4-11,14H,12-13H2,1-3H3. The Labute approximate surface area is 162 Å². The van der Waals surface area contributed by atoms with Crippen LogP contribution in [-0.2, 0) is 13.2 Å². The van der Waals surface area contributed by atoms with Crippen LogP contribution in [0.4, 0.5) is 4.39 Å². The Morgan fingerprint density at radius 1 is 1.18 bits per heavy atom. The predicted octanol–water partition coefficient (Wildman–Crippen LogP) is 3.24. The Hall–Kier alpha value is -3.29. The molecule has 0 aliphatic rings. The third-order valence-electron chi connectivity index (χ3n) is 4.23. The van der Waals surface area contributed by atoms with Crippen LogP contribution in [0.25, 0.3) is 0 Å². The zero-order chi connectivity index (χ0) is 20.1. The Morgan fingerprint density at radius 2 is 1.89 bits per heavy atom. The molecule has 0 saturated heterocycles. The predicted molar refractivity (Wildman–Crippen MR) is 101 cm³/mol. The van der Waals surface area contributed by atoms with Crippen LogP contribution in [0.15, 0.2) is 48.5 Å². The second-order valence-electron chi connectivity index (χ2n) is 6.70. The molecule has 0 aliphatic carbocycles. The number of rotatable bonds is 7. The van der Waals surface area contributed by atoms with Gasteiger partial charge in [0.1, 0.15) is 18.2 Å². The molecule has 1 amide bonds. The lowest BCUT2D eigenvalue weighted by atomic mass is 10.1. The van der Waals surface area contributed by atoms with Gasteiger partial charge in [-0.1, -0.05) is 18.2 Å². The van der Waals surface area contributed by atoms with Gasteiger partial charge >= 0.3 is 0 Å². The maximum atomic E-state index is 13.8. The van der Waals surface area contributed by atoms with E-state index in [1.807, 2.05) is 13.8 Å². The zero-order valence-corrected chi connectivity index (χ0v) is 16.0. The summed E-state index contributed by atoms with van der Waals surface area (Å²) < 4.78 is 21.2. The van der Waals surface area contributed by atoms with E-state index in [0.29, 0.717) is 22.7 Å². The maximum Gasteiger partial charge on any atom is 0.253 e. The number of tetrazole rings is 1. The van der Waals surface area contributed by atoms with Gasteiger partial charge in [0.25, 0.3) is 5.91 Å². The summed E-state index contributed by atoms with van der Waals surface area (Å²) in [6, 6.07) is 13.4. The summed E-state index contributed by atoms with van der Waals surface area (Å²) in [5, 5.41) is 11.5. The van der Waals surface area contributed by atoms with Crippen LogP contribution in [-0.4, -0.2) is 38.1 Å². The van der Waals surface area contributed by atoms with Crippen molar-refractivity contribution in [2.24, 2.45) is 0 Å². The van der Waals surface area contributed by atoms with Gasteiger partial charge in [-0.05, 0) is 54.6 Å². The van der Waals surface area contributed by atoms with Gasteiger partial charge in [0, 0.05) is 24.7 Å². The van der Waals surface area contributed by atoms with E-state index in [1.54, 1.807) is 54.2 Å². The second kappa shape index (κ2) is 8.60. The van der Waals surface area contributed by atoms with Crippen molar-refractivity contribution in [3.8, 4) is 5.75 Å². The first kappa shape index (κ1) is 19.5. The molecule has 1 heterocycles. The minimum atomic E-state index is -0.324. The number of ether oxygens (including phenoxy) is 1. The quantitative estimate of drug-likeness (QED) is 0.626. The highest BCUT2D eigenvalue weighted by Gasteiger charge is 2.14. The molecule has 0 spiro atoms. The molecular formula is C20H22FN5O2. The number of carbonyl (C=O) groups is 1. The van der Waals surface area contributed by atoms with Crippen LogP contribution in [0.5, 0.6) is 5.75 Å². The van der Waals surface area contributed by atoms with Crippen molar-refractivity contribution >= 4 is 5.91 Å². The van der Waals surface area contributed by atoms with Crippen LogP contribution in [0.3, 0.4) is 0 Å². The van der Waals surface area contributed by atoms with Gasteiger partial charge in [-0.15, -0.1) is 5.10 Å². The smallest absolute Gasteiger partial charge is 0.253 e. The molecule has 7 nitrogen and oxygen atoms in total. The van der Waals surface area contributed by atoms with Crippen LogP contribution in [0.1, 0.15) is 41.6 Å². The molecule has 0 N–H and O–H groups in total. The zero-order valence-electron chi connectivity index (χ0n) is 16.0. The molecule has 0 saturated carbocycles. The first-order valence-electron chi connectivity index (χ1n) is 8.94. The topological polar surface area (TPSA) is 73.1 Å². The van der Waals surface area contributed by atoms with E-state index in [1.165, 1.54) is 11.0 Å². The highest BCUT2D eigenvalue weighted by atomic mass is 19.1. The van der Waals surface area contributed by atoms with Gasteiger partial charge in [0.2, 0.25) is 0 Å². The van der Waals surface area contributed by atoms with E-state index in [-0.39, 0.29) is 30.9 Å². The van der Waals surface area contributed by atoms with E-state index >= 15 is 0 Å². The minimum Gasteiger partial charge on any atom is -0.486 e. The van der Waals surface area contributed by atoms with Crippen molar-refractivity contribution in [3.63, 3.8) is 0 Å². The fraction of sp³-hybridized carbons (Fsp3) is 0.300. The Balaban J connectivity index is 1.61. The fourth-order valence-corrected chi connectivity index (χ4v) is 2.72. The molecule has 0 radical (unpaired) electrons. The number of benzene rings is 2. The van der Waals surface area contributed by atoms with Gasteiger partial charge in [-0.25, -0.2) is 9.07 Å². The van der Waals surface area contributed by atoms with Crippen molar-refractivity contribution in [1.29, 1.82) is 0 Å². The molecule has 1 aromatic heterocycles. The van der Waals surface area contributed by atoms with Crippen LogP contribution < -0.4 is 4.74 Å². The molecule has 146 valence electrons. The van der Waals surface area contributed by atoms with E-state index in [2.05, 4.69) is 15.5 Å². The molecule has 0 fully saturated rings. The highest BCUT2D eigenvalue weighted by Crippen LogP contribution is 2.17. The van der Waals surface area contributed by atoms with Crippen LogP contribution in [0, 0.1) is 5.82 Å². The number of hydrogen-bond donors (Lipinski definition) is 0. The molecule has 0 bridgehead atoms. The van der Waals surface area contributed by atoms with Crippen molar-refractivity contribution in [1.82, 2.24) is 25.1 Å². The number of hydrogen-bond acceptors (Lipinski definition) is 5. The van der Waals surface area contributed by atoms with Gasteiger partial charge in [-0.2, -0.15) is 0 Å². The van der Waals surface area contributed by atoms with E-state index in [4.69, 9.17) is 4.74 Å². The molecule has 8 heteroatoms. The summed E-state index contributed by atoms with van der Waals surface area (Å²) >= 11 is 0. The third kappa shape index (κ3) is 4.51. The molecular weight excluding hydrogens is 361 g/mol. The molecule has 2 aromatic carbocycles. The Morgan fingerprint density at radius 3 is 2.57 bits per heavy atom. The number of amides is 1. The number of aromatic nitrogens is 4. The lowest BCUT2D eigenvalue weighted by Gasteiger charge is -2.18. The number of carbonyl (C=O) groups excluding carboxylic acids is 1. The van der Waals surface area contributed by atoms with Gasteiger partial charge in [0.15, 0.2) is 5.82 Å². The van der Waals surface area contributed by atoms with E-state index < -0.39 is 0 Å². The molecule has 0 atom stereocenters. The van der Waals surface area contributed by atoms with Gasteiger partial charge in [0.05, 0.1) is 6.04 Å². The molecule has 0 aliphatic heterocycles. The van der Waals surface area contributed by atoms with Crippen LogP contribution in [0.2, 0.25) is 0 Å². The normalized spacial score (nSPS) is 10.9. The molecule has 3 rings (SSSR count). The molecule has 3 aromatic rings. The fourth-order valence-electron chi connectivity index (χ4n) is 2.72. The lowest BCUT2D eigenvalue weighted by molar-refractivity contribution is 0.0784. The summed E-state index contributed by atoms with van der Waals surface area (Å²) in [5.74, 6) is 0.708.